The van der Waals surface area contributed by atoms with Crippen LogP contribution in [0, 0.1) is 11.8 Å². The van der Waals surface area contributed by atoms with E-state index in [-0.39, 0.29) is 12.5 Å². The van der Waals surface area contributed by atoms with Gasteiger partial charge in [-0.1, -0.05) is 0 Å². The van der Waals surface area contributed by atoms with Gasteiger partial charge in [0.25, 0.3) is 0 Å². The van der Waals surface area contributed by atoms with Gasteiger partial charge in [0.15, 0.2) is 5.65 Å². The normalized spacial score (nSPS) is 29.2. The molecule has 2 N–H and O–H groups in total. The molecule has 0 spiro atoms. The number of fused-ring (bicyclic) bond motifs is 2. The van der Waals surface area contributed by atoms with Crippen molar-refractivity contribution in [3.05, 3.63) is 24.2 Å². The van der Waals surface area contributed by atoms with E-state index < -0.39 is 11.9 Å². The highest BCUT2D eigenvalue weighted by molar-refractivity contribution is 6.00. The van der Waals surface area contributed by atoms with Crippen LogP contribution in [0.15, 0.2) is 18.5 Å². The Bertz CT molecular complexity index is 834. The number of carbonyl (C=O) groups excluding carboxylic acids is 2. The zero-order valence-electron chi connectivity index (χ0n) is 13.1. The molecule has 1 aliphatic carbocycles. The number of imide groups is 1. The van der Waals surface area contributed by atoms with E-state index in [1.54, 1.807) is 16.9 Å². The van der Waals surface area contributed by atoms with Crippen LogP contribution in [0.2, 0.25) is 0 Å². The van der Waals surface area contributed by atoms with E-state index in [2.05, 4.69) is 25.6 Å². The van der Waals surface area contributed by atoms with Gasteiger partial charge in [-0.15, -0.1) is 0 Å². The van der Waals surface area contributed by atoms with Gasteiger partial charge in [-0.2, -0.15) is 5.10 Å². The third-order valence-electron chi connectivity index (χ3n) is 5.56. The van der Waals surface area contributed by atoms with Crippen LogP contribution in [0.4, 0.5) is 10.5 Å². The fourth-order valence-electron chi connectivity index (χ4n) is 4.05. The van der Waals surface area contributed by atoms with Crippen molar-refractivity contribution in [1.82, 2.24) is 25.2 Å². The molecular weight excluding hydrogens is 308 g/mol. The predicted molar refractivity (Wildman–Crippen MR) is 85.7 cm³/mol. The van der Waals surface area contributed by atoms with E-state index in [1.807, 2.05) is 6.07 Å². The van der Waals surface area contributed by atoms with Gasteiger partial charge in [0.1, 0.15) is 0 Å². The minimum atomic E-state index is -0.479. The summed E-state index contributed by atoms with van der Waals surface area (Å²) in [5.74, 6) is 0.786. The molecule has 3 atom stereocenters. The van der Waals surface area contributed by atoms with E-state index in [0.29, 0.717) is 5.69 Å². The van der Waals surface area contributed by atoms with Gasteiger partial charge in [0.05, 0.1) is 17.3 Å². The largest absolute Gasteiger partial charge is 0.368 e. The summed E-state index contributed by atoms with van der Waals surface area (Å²) in [7, 11) is 0. The van der Waals surface area contributed by atoms with Gasteiger partial charge < -0.3 is 10.2 Å². The van der Waals surface area contributed by atoms with Crippen molar-refractivity contribution in [2.24, 2.45) is 11.8 Å². The maximum absolute atomic E-state index is 12.2. The number of hydrogen-bond donors (Lipinski definition) is 2. The van der Waals surface area contributed by atoms with Gasteiger partial charge in [0, 0.05) is 32.0 Å². The molecule has 5 rings (SSSR count). The predicted octanol–water partition coefficient (Wildman–Crippen LogP) is 0.498. The molecule has 8 heteroatoms. The number of rotatable bonds is 2. The van der Waals surface area contributed by atoms with Crippen molar-refractivity contribution in [1.29, 1.82) is 0 Å². The van der Waals surface area contributed by atoms with Crippen LogP contribution in [0.1, 0.15) is 24.5 Å². The number of amides is 3. The second-order valence-corrected chi connectivity index (χ2v) is 6.90. The number of nitrogens with one attached hydrogen (secondary N) is 2. The lowest BCUT2D eigenvalue weighted by atomic mass is 9.77. The topological polar surface area (TPSA) is 91.6 Å². The highest BCUT2D eigenvalue weighted by Crippen LogP contribution is 2.42. The van der Waals surface area contributed by atoms with E-state index in [4.69, 9.17) is 0 Å². The number of anilines is 1. The fraction of sp³-hybridized carbons (Fsp3) is 0.500. The van der Waals surface area contributed by atoms with Crippen molar-refractivity contribution in [3.63, 3.8) is 0 Å². The SMILES string of the molecule is O=C1NCC(c2cc(N3C[C@H]4CC[C@H]4C3)c3nccn3n2)C(=O)N1. The second kappa shape index (κ2) is 4.93. The summed E-state index contributed by atoms with van der Waals surface area (Å²) in [6.45, 7) is 2.36. The molecule has 2 aromatic heterocycles. The average molecular weight is 326 g/mol. The summed E-state index contributed by atoms with van der Waals surface area (Å²) >= 11 is 0. The Morgan fingerprint density at radius 2 is 1.96 bits per heavy atom. The first-order valence-corrected chi connectivity index (χ1v) is 8.37. The Morgan fingerprint density at radius 1 is 1.17 bits per heavy atom. The molecule has 0 radical (unpaired) electrons. The van der Waals surface area contributed by atoms with E-state index in [1.165, 1.54) is 12.8 Å². The van der Waals surface area contributed by atoms with Crippen LogP contribution in [0.25, 0.3) is 5.65 Å². The molecule has 0 aromatic carbocycles. The maximum Gasteiger partial charge on any atom is 0.321 e. The summed E-state index contributed by atoms with van der Waals surface area (Å²) in [6, 6.07) is 1.52. The molecule has 8 nitrogen and oxygen atoms in total. The van der Waals surface area contributed by atoms with Crippen LogP contribution < -0.4 is 15.5 Å². The minimum Gasteiger partial charge on any atom is -0.368 e. The van der Waals surface area contributed by atoms with Gasteiger partial charge >= 0.3 is 6.03 Å². The van der Waals surface area contributed by atoms with Crippen molar-refractivity contribution >= 4 is 23.3 Å². The Labute approximate surface area is 138 Å². The number of imidazole rings is 1. The summed E-state index contributed by atoms with van der Waals surface area (Å²) < 4.78 is 1.73. The molecule has 2 saturated heterocycles. The molecular formula is C16H18N6O2. The number of hydrogen-bond acceptors (Lipinski definition) is 5. The van der Waals surface area contributed by atoms with E-state index in [9.17, 15) is 9.59 Å². The van der Waals surface area contributed by atoms with Crippen LogP contribution >= 0.6 is 0 Å². The first kappa shape index (κ1) is 13.8. The third kappa shape index (κ3) is 1.98. The van der Waals surface area contributed by atoms with Crippen LogP contribution in [-0.4, -0.2) is 46.2 Å². The van der Waals surface area contributed by atoms with Crippen LogP contribution in [0.3, 0.4) is 0 Å². The smallest absolute Gasteiger partial charge is 0.321 e. The zero-order chi connectivity index (χ0) is 16.3. The number of aromatic nitrogens is 3. The lowest BCUT2D eigenvalue weighted by Crippen LogP contribution is -2.51. The van der Waals surface area contributed by atoms with Gasteiger partial charge in [-0.25, -0.2) is 14.3 Å². The summed E-state index contributed by atoms with van der Waals surface area (Å²) in [5, 5.41) is 9.52. The van der Waals surface area contributed by atoms with Crippen molar-refractivity contribution in [2.45, 2.75) is 18.8 Å². The second-order valence-electron chi connectivity index (χ2n) is 6.90. The molecule has 3 fully saturated rings. The van der Waals surface area contributed by atoms with Gasteiger partial charge in [-0.05, 0) is 30.7 Å². The quantitative estimate of drug-likeness (QED) is 0.838. The Hall–Kier alpha value is -2.64. The van der Waals surface area contributed by atoms with E-state index >= 15 is 0 Å². The highest BCUT2D eigenvalue weighted by Gasteiger charge is 2.40. The summed E-state index contributed by atoms with van der Waals surface area (Å²) in [6.07, 6.45) is 6.14. The maximum atomic E-state index is 12.2. The first-order chi connectivity index (χ1) is 11.7. The van der Waals surface area contributed by atoms with Crippen molar-refractivity contribution < 1.29 is 9.59 Å². The molecule has 0 bridgehead atoms. The third-order valence-corrected chi connectivity index (χ3v) is 5.56. The Kier molecular flexibility index (Phi) is 2.83. The zero-order valence-corrected chi connectivity index (χ0v) is 13.1. The lowest BCUT2D eigenvalue weighted by molar-refractivity contribution is -0.122. The van der Waals surface area contributed by atoms with Crippen molar-refractivity contribution in [2.75, 3.05) is 24.5 Å². The van der Waals surface area contributed by atoms with Crippen molar-refractivity contribution in [3.8, 4) is 0 Å². The van der Waals surface area contributed by atoms with Gasteiger partial charge in [-0.3, -0.25) is 10.1 Å². The number of nitrogens with zero attached hydrogens (tertiary/aromatic N) is 4. The van der Waals surface area contributed by atoms with Gasteiger partial charge in [0.2, 0.25) is 5.91 Å². The monoisotopic (exact) mass is 326 g/mol. The van der Waals surface area contributed by atoms with Crippen LogP contribution in [0.5, 0.6) is 0 Å². The molecule has 2 aromatic rings. The Balaban J connectivity index is 1.55. The molecule has 124 valence electrons. The molecule has 3 amide bonds. The lowest BCUT2D eigenvalue weighted by Gasteiger charge is -2.27. The standard InChI is InChI=1S/C16H18N6O2/c23-15-11(6-18-16(24)19-15)12-5-13(14-17-3-4-22(14)20-12)21-7-9-1-2-10(9)8-21/h3-5,9-11H,1-2,6-8H2,(H2,18,19,23,24)/t9-,10+,11?. The molecule has 3 aliphatic rings. The molecule has 1 unspecified atom stereocenters. The number of urea groups is 1. The first-order valence-electron chi connectivity index (χ1n) is 8.37. The molecule has 2 aliphatic heterocycles. The van der Waals surface area contributed by atoms with E-state index in [0.717, 1.165) is 36.3 Å². The molecule has 24 heavy (non-hydrogen) atoms. The number of carbonyl (C=O) groups is 2. The van der Waals surface area contributed by atoms with Crippen LogP contribution in [-0.2, 0) is 4.79 Å². The highest BCUT2D eigenvalue weighted by atomic mass is 16.2. The average Bonchev–Trinajstić information content (AvgIpc) is 3.11. The Morgan fingerprint density at radius 3 is 2.67 bits per heavy atom. The fourth-order valence-corrected chi connectivity index (χ4v) is 4.05. The summed E-state index contributed by atoms with van der Waals surface area (Å²) in [5.41, 5.74) is 2.51. The molecule has 4 heterocycles. The summed E-state index contributed by atoms with van der Waals surface area (Å²) in [4.78, 5) is 30.3. The molecule has 1 saturated carbocycles. The minimum absolute atomic E-state index is 0.266.